The number of nitrogens with one attached hydrogen (secondary N) is 1. The van der Waals surface area contributed by atoms with E-state index in [0.29, 0.717) is 27.0 Å². The van der Waals surface area contributed by atoms with Gasteiger partial charge in [-0.2, -0.15) is 0 Å². The minimum atomic E-state index is -0.365. The summed E-state index contributed by atoms with van der Waals surface area (Å²) >= 11 is 2.77. The minimum absolute atomic E-state index is 0.181. The Hall–Kier alpha value is -2.25. The highest BCUT2D eigenvalue weighted by Gasteiger charge is 2.15. The van der Waals surface area contributed by atoms with Gasteiger partial charge in [0.15, 0.2) is 5.13 Å². The molecule has 0 aliphatic rings. The molecule has 0 unspecified atom stereocenters. The number of hydrogen-bond donors (Lipinski definition) is 1. The lowest BCUT2D eigenvalue weighted by molar-refractivity contribution is 0.103. The number of thiazole rings is 1. The van der Waals surface area contributed by atoms with Crippen molar-refractivity contribution in [3.63, 3.8) is 0 Å². The average Bonchev–Trinajstić information content (AvgIpc) is 3.21. The summed E-state index contributed by atoms with van der Waals surface area (Å²) in [4.78, 5) is 18.6. The van der Waals surface area contributed by atoms with Crippen LogP contribution in [0, 0.1) is 12.7 Å². The number of aryl methyl sites for hydroxylation is 2. The number of aromatic nitrogens is 1. The Labute approximate surface area is 153 Å². The van der Waals surface area contributed by atoms with Crippen LogP contribution in [0.1, 0.15) is 27.0 Å². The quantitative estimate of drug-likeness (QED) is 0.670. The van der Waals surface area contributed by atoms with Crippen molar-refractivity contribution >= 4 is 33.7 Å². The monoisotopic (exact) mass is 376 g/mol. The molecule has 2 aromatic heterocycles. The van der Waals surface area contributed by atoms with Gasteiger partial charge in [-0.25, -0.2) is 9.37 Å². The molecule has 0 aliphatic heterocycles. The highest BCUT2D eigenvalue weighted by Crippen LogP contribution is 2.33. The van der Waals surface area contributed by atoms with Crippen molar-refractivity contribution in [2.75, 3.05) is 12.4 Å². The average molecular weight is 376 g/mol. The molecular weight excluding hydrogens is 359 g/mol. The molecule has 1 N–H and O–H groups in total. The number of hydrogen-bond acceptors (Lipinski definition) is 5. The first-order chi connectivity index (χ1) is 12.0. The third kappa shape index (κ3) is 3.72. The standard InChI is InChI=1S/C18H17FN2O2S2/c1-4-11-7-16(25-10(11)2)17(22)21-18-20-14(9-24-18)13-8-12(19)5-6-15(13)23-3/h5-9H,4H2,1-3H3,(H,20,21,22). The number of carbonyl (C=O) groups is 1. The van der Waals surface area contributed by atoms with Crippen molar-refractivity contribution in [3.05, 3.63) is 50.8 Å². The molecule has 0 radical (unpaired) electrons. The molecule has 2 heterocycles. The zero-order valence-corrected chi connectivity index (χ0v) is 15.7. The Morgan fingerprint density at radius 2 is 2.16 bits per heavy atom. The largest absolute Gasteiger partial charge is 0.496 e. The summed E-state index contributed by atoms with van der Waals surface area (Å²) in [7, 11) is 1.52. The van der Waals surface area contributed by atoms with Crippen LogP contribution in [0.2, 0.25) is 0 Å². The number of thiophene rings is 1. The van der Waals surface area contributed by atoms with Crippen molar-refractivity contribution in [2.24, 2.45) is 0 Å². The highest BCUT2D eigenvalue weighted by molar-refractivity contribution is 7.15. The van der Waals surface area contributed by atoms with Gasteiger partial charge in [0.05, 0.1) is 17.7 Å². The molecule has 0 saturated heterocycles. The predicted octanol–water partition coefficient (Wildman–Crippen LogP) is 5.14. The molecule has 7 heteroatoms. The number of carbonyl (C=O) groups excluding carboxylic acids is 1. The number of nitrogens with zero attached hydrogens (tertiary/aromatic N) is 1. The number of benzene rings is 1. The maximum absolute atomic E-state index is 13.5. The Kier molecular flexibility index (Phi) is 5.15. The fourth-order valence-corrected chi connectivity index (χ4v) is 4.19. The van der Waals surface area contributed by atoms with E-state index in [2.05, 4.69) is 17.2 Å². The van der Waals surface area contributed by atoms with E-state index in [0.717, 1.165) is 11.3 Å². The molecule has 0 aliphatic carbocycles. The van der Waals surface area contributed by atoms with Crippen molar-refractivity contribution in [2.45, 2.75) is 20.3 Å². The summed E-state index contributed by atoms with van der Waals surface area (Å²) in [6.07, 6.45) is 0.899. The SMILES string of the molecule is CCc1cc(C(=O)Nc2nc(-c3cc(F)ccc3OC)cs2)sc1C. The number of rotatable bonds is 5. The van der Waals surface area contributed by atoms with E-state index in [9.17, 15) is 9.18 Å². The van der Waals surface area contributed by atoms with Gasteiger partial charge in [-0.05, 0) is 43.2 Å². The van der Waals surface area contributed by atoms with Gasteiger partial charge in [0.2, 0.25) is 0 Å². The van der Waals surface area contributed by atoms with E-state index in [1.165, 1.54) is 47.5 Å². The summed E-state index contributed by atoms with van der Waals surface area (Å²) in [5.41, 5.74) is 2.30. The fourth-order valence-electron chi connectivity index (χ4n) is 2.48. The van der Waals surface area contributed by atoms with E-state index in [1.807, 2.05) is 13.0 Å². The van der Waals surface area contributed by atoms with Crippen LogP contribution in [0.15, 0.2) is 29.6 Å². The predicted molar refractivity (Wildman–Crippen MR) is 100 cm³/mol. The zero-order valence-electron chi connectivity index (χ0n) is 14.1. The molecule has 1 aromatic carbocycles. The molecule has 0 bridgehead atoms. The molecule has 0 spiro atoms. The highest BCUT2D eigenvalue weighted by atomic mass is 32.1. The van der Waals surface area contributed by atoms with Gasteiger partial charge >= 0.3 is 0 Å². The third-order valence-corrected chi connectivity index (χ3v) is 5.64. The molecule has 130 valence electrons. The van der Waals surface area contributed by atoms with Crippen molar-refractivity contribution in [1.29, 1.82) is 0 Å². The number of amides is 1. The Morgan fingerprint density at radius 3 is 2.84 bits per heavy atom. The molecule has 25 heavy (non-hydrogen) atoms. The van der Waals surface area contributed by atoms with E-state index >= 15 is 0 Å². The lowest BCUT2D eigenvalue weighted by Crippen LogP contribution is -2.09. The van der Waals surface area contributed by atoms with Crippen molar-refractivity contribution in [3.8, 4) is 17.0 Å². The Morgan fingerprint density at radius 1 is 1.36 bits per heavy atom. The lowest BCUT2D eigenvalue weighted by Gasteiger charge is -2.05. The van der Waals surface area contributed by atoms with Crippen LogP contribution in [-0.2, 0) is 6.42 Å². The number of anilines is 1. The van der Waals surface area contributed by atoms with Crippen molar-refractivity contribution in [1.82, 2.24) is 4.98 Å². The van der Waals surface area contributed by atoms with Gasteiger partial charge in [0, 0.05) is 15.8 Å². The van der Waals surface area contributed by atoms with Crippen LogP contribution < -0.4 is 10.1 Å². The van der Waals surface area contributed by atoms with E-state index < -0.39 is 0 Å². The van der Waals surface area contributed by atoms with Gasteiger partial charge in [-0.3, -0.25) is 10.1 Å². The molecule has 1 amide bonds. The smallest absolute Gasteiger partial charge is 0.267 e. The second-order valence-electron chi connectivity index (χ2n) is 5.38. The van der Waals surface area contributed by atoms with Gasteiger partial charge < -0.3 is 4.74 Å². The summed E-state index contributed by atoms with van der Waals surface area (Å²) < 4.78 is 18.8. The van der Waals surface area contributed by atoms with Crippen molar-refractivity contribution < 1.29 is 13.9 Å². The first-order valence-electron chi connectivity index (χ1n) is 7.72. The fraction of sp³-hybridized carbons (Fsp3) is 0.222. The van der Waals surface area contributed by atoms with E-state index in [4.69, 9.17) is 4.74 Å². The molecule has 3 rings (SSSR count). The summed E-state index contributed by atoms with van der Waals surface area (Å²) in [5, 5.41) is 5.05. The van der Waals surface area contributed by atoms with Crippen LogP contribution in [0.5, 0.6) is 5.75 Å². The second-order valence-corrected chi connectivity index (χ2v) is 7.50. The van der Waals surface area contributed by atoms with Gasteiger partial charge in [-0.1, -0.05) is 6.92 Å². The number of ether oxygens (including phenoxy) is 1. The third-order valence-electron chi connectivity index (χ3n) is 3.79. The number of methoxy groups -OCH3 is 1. The summed E-state index contributed by atoms with van der Waals surface area (Å²) in [6, 6.07) is 6.18. The normalized spacial score (nSPS) is 10.7. The summed E-state index contributed by atoms with van der Waals surface area (Å²) in [5.74, 6) is -0.0125. The van der Waals surface area contributed by atoms with Crippen LogP contribution >= 0.6 is 22.7 Å². The van der Waals surface area contributed by atoms with Gasteiger partial charge in [-0.15, -0.1) is 22.7 Å². The molecule has 0 atom stereocenters. The van der Waals surface area contributed by atoms with Gasteiger partial charge in [0.1, 0.15) is 11.6 Å². The molecule has 4 nitrogen and oxygen atoms in total. The lowest BCUT2D eigenvalue weighted by atomic mass is 10.1. The Bertz CT molecular complexity index is 918. The Balaban J connectivity index is 1.82. The van der Waals surface area contributed by atoms with Gasteiger partial charge in [0.25, 0.3) is 5.91 Å². The van der Waals surface area contributed by atoms with E-state index in [1.54, 1.807) is 11.4 Å². The molecule has 0 saturated carbocycles. The van der Waals surface area contributed by atoms with Crippen LogP contribution in [0.4, 0.5) is 9.52 Å². The first-order valence-corrected chi connectivity index (χ1v) is 9.41. The summed E-state index contributed by atoms with van der Waals surface area (Å²) in [6.45, 7) is 4.08. The second kappa shape index (κ2) is 7.33. The first kappa shape index (κ1) is 17.6. The zero-order chi connectivity index (χ0) is 18.0. The number of halogens is 1. The van der Waals surface area contributed by atoms with E-state index in [-0.39, 0.29) is 11.7 Å². The topological polar surface area (TPSA) is 51.2 Å². The molecule has 3 aromatic rings. The van der Waals surface area contributed by atoms with Crippen LogP contribution in [0.25, 0.3) is 11.3 Å². The maximum Gasteiger partial charge on any atom is 0.267 e. The maximum atomic E-state index is 13.5. The minimum Gasteiger partial charge on any atom is -0.496 e. The molecular formula is C18H17FN2O2S2. The molecule has 0 fully saturated rings. The van der Waals surface area contributed by atoms with Crippen LogP contribution in [-0.4, -0.2) is 18.0 Å². The van der Waals surface area contributed by atoms with Crippen LogP contribution in [0.3, 0.4) is 0 Å².